The van der Waals surface area contributed by atoms with Crippen molar-refractivity contribution in [3.05, 3.63) is 53.7 Å². The standard InChI is InChI=1S/C19H24N4O2/c1-3-16-14-22(13-15-7-5-4-6-8-15)11-12-23(16)19(24)17-9-10-18(25-2)21-20-17/h4-10,16H,3,11-14H2,1-2H3/t16-/m1/s1. The molecule has 0 spiro atoms. The van der Waals surface area contributed by atoms with Gasteiger partial charge in [-0.05, 0) is 18.1 Å². The van der Waals surface area contributed by atoms with Gasteiger partial charge in [-0.3, -0.25) is 9.69 Å². The number of benzene rings is 1. The van der Waals surface area contributed by atoms with E-state index in [1.165, 1.54) is 12.7 Å². The number of rotatable bonds is 5. The Balaban J connectivity index is 1.65. The van der Waals surface area contributed by atoms with E-state index in [1.807, 2.05) is 11.0 Å². The molecule has 0 aliphatic carbocycles. The van der Waals surface area contributed by atoms with Gasteiger partial charge in [0.15, 0.2) is 5.69 Å². The van der Waals surface area contributed by atoms with Crippen LogP contribution in [0.1, 0.15) is 29.4 Å². The molecule has 2 aromatic rings. The number of aromatic nitrogens is 2. The maximum absolute atomic E-state index is 12.8. The van der Waals surface area contributed by atoms with E-state index in [4.69, 9.17) is 4.74 Å². The highest BCUT2D eigenvalue weighted by Gasteiger charge is 2.30. The molecule has 0 bridgehead atoms. The summed E-state index contributed by atoms with van der Waals surface area (Å²) >= 11 is 0. The number of ether oxygens (including phenoxy) is 1. The first kappa shape index (κ1) is 17.4. The SMILES string of the molecule is CC[C@@H]1CN(Cc2ccccc2)CCN1C(=O)c1ccc(OC)nn1. The van der Waals surface area contributed by atoms with E-state index >= 15 is 0 Å². The van der Waals surface area contributed by atoms with Gasteiger partial charge in [0.1, 0.15) is 0 Å². The fraction of sp³-hybridized carbons (Fsp3) is 0.421. The van der Waals surface area contributed by atoms with Crippen molar-refractivity contribution in [3.63, 3.8) is 0 Å². The summed E-state index contributed by atoms with van der Waals surface area (Å²) in [5.41, 5.74) is 1.67. The summed E-state index contributed by atoms with van der Waals surface area (Å²) in [6, 6.07) is 14.0. The number of methoxy groups -OCH3 is 1. The molecule has 6 nitrogen and oxygen atoms in total. The van der Waals surface area contributed by atoms with Crippen molar-refractivity contribution in [1.29, 1.82) is 0 Å². The molecule has 1 saturated heterocycles. The quantitative estimate of drug-likeness (QED) is 0.835. The normalized spacial score (nSPS) is 18.2. The molecule has 132 valence electrons. The van der Waals surface area contributed by atoms with Crippen molar-refractivity contribution in [3.8, 4) is 5.88 Å². The first-order valence-corrected chi connectivity index (χ1v) is 8.66. The van der Waals surface area contributed by atoms with E-state index in [0.29, 0.717) is 18.1 Å². The largest absolute Gasteiger partial charge is 0.480 e. The lowest BCUT2D eigenvalue weighted by Gasteiger charge is -2.41. The minimum absolute atomic E-state index is 0.0543. The van der Waals surface area contributed by atoms with Crippen molar-refractivity contribution in [1.82, 2.24) is 20.0 Å². The Kier molecular flexibility index (Phi) is 5.60. The van der Waals surface area contributed by atoms with Gasteiger partial charge in [0.25, 0.3) is 5.91 Å². The Morgan fingerprint density at radius 1 is 1.16 bits per heavy atom. The van der Waals surface area contributed by atoms with E-state index in [2.05, 4.69) is 46.3 Å². The highest BCUT2D eigenvalue weighted by Crippen LogP contribution is 2.18. The average Bonchev–Trinajstić information content (AvgIpc) is 2.68. The molecule has 0 radical (unpaired) electrons. The summed E-state index contributed by atoms with van der Waals surface area (Å²) in [7, 11) is 1.53. The molecule has 3 rings (SSSR count). The zero-order chi connectivity index (χ0) is 17.6. The topological polar surface area (TPSA) is 58.6 Å². The minimum atomic E-state index is -0.0543. The molecule has 0 unspecified atom stereocenters. The van der Waals surface area contributed by atoms with Crippen molar-refractivity contribution in [2.24, 2.45) is 0 Å². The van der Waals surface area contributed by atoms with Crippen LogP contribution in [0, 0.1) is 0 Å². The van der Waals surface area contributed by atoms with Gasteiger partial charge in [-0.1, -0.05) is 37.3 Å². The van der Waals surface area contributed by atoms with Crippen LogP contribution in [0.4, 0.5) is 0 Å². The van der Waals surface area contributed by atoms with Crippen molar-refractivity contribution >= 4 is 5.91 Å². The molecule has 1 fully saturated rings. The van der Waals surface area contributed by atoms with Crippen LogP contribution in [0.15, 0.2) is 42.5 Å². The lowest BCUT2D eigenvalue weighted by Crippen LogP contribution is -2.54. The molecular formula is C19H24N4O2. The Bertz CT molecular complexity index is 690. The predicted octanol–water partition coefficient (Wildman–Crippen LogP) is 2.22. The van der Waals surface area contributed by atoms with Crippen LogP contribution < -0.4 is 4.74 Å². The summed E-state index contributed by atoms with van der Waals surface area (Å²) < 4.78 is 5.00. The number of piperazine rings is 1. The number of carbonyl (C=O) groups excluding carboxylic acids is 1. The average molecular weight is 340 g/mol. The molecule has 1 amide bonds. The molecule has 1 aromatic carbocycles. The second-order valence-electron chi connectivity index (χ2n) is 6.24. The molecule has 1 aliphatic rings. The van der Waals surface area contributed by atoms with Crippen LogP contribution in [-0.4, -0.2) is 58.7 Å². The van der Waals surface area contributed by atoms with Gasteiger partial charge >= 0.3 is 0 Å². The monoisotopic (exact) mass is 340 g/mol. The number of amides is 1. The van der Waals surface area contributed by atoms with Crippen LogP contribution >= 0.6 is 0 Å². The smallest absolute Gasteiger partial charge is 0.274 e. The van der Waals surface area contributed by atoms with Crippen molar-refractivity contribution in [2.75, 3.05) is 26.7 Å². The van der Waals surface area contributed by atoms with E-state index in [1.54, 1.807) is 12.1 Å². The van der Waals surface area contributed by atoms with Crippen LogP contribution in [0.3, 0.4) is 0 Å². The predicted molar refractivity (Wildman–Crippen MR) is 95.4 cm³/mol. The lowest BCUT2D eigenvalue weighted by atomic mass is 10.1. The van der Waals surface area contributed by atoms with Crippen LogP contribution in [0.5, 0.6) is 5.88 Å². The highest BCUT2D eigenvalue weighted by atomic mass is 16.5. The molecule has 1 aromatic heterocycles. The maximum Gasteiger partial charge on any atom is 0.274 e. The lowest BCUT2D eigenvalue weighted by molar-refractivity contribution is 0.0423. The third-order valence-corrected chi connectivity index (χ3v) is 4.62. The van der Waals surface area contributed by atoms with Crippen LogP contribution in [-0.2, 0) is 6.54 Å². The maximum atomic E-state index is 12.8. The highest BCUT2D eigenvalue weighted by molar-refractivity contribution is 5.92. The number of nitrogens with zero attached hydrogens (tertiary/aromatic N) is 4. The summed E-state index contributed by atoms with van der Waals surface area (Å²) in [5.74, 6) is 0.359. The molecular weight excluding hydrogens is 316 g/mol. The Labute approximate surface area is 148 Å². The third-order valence-electron chi connectivity index (χ3n) is 4.62. The van der Waals surface area contributed by atoms with Crippen molar-refractivity contribution in [2.45, 2.75) is 25.9 Å². The van der Waals surface area contributed by atoms with E-state index in [-0.39, 0.29) is 11.9 Å². The Morgan fingerprint density at radius 3 is 2.60 bits per heavy atom. The van der Waals surface area contributed by atoms with Crippen LogP contribution in [0.25, 0.3) is 0 Å². The van der Waals surface area contributed by atoms with Gasteiger partial charge in [0, 0.05) is 38.3 Å². The van der Waals surface area contributed by atoms with E-state index in [9.17, 15) is 4.79 Å². The van der Waals surface area contributed by atoms with Gasteiger partial charge in [0.2, 0.25) is 5.88 Å². The van der Waals surface area contributed by atoms with Crippen LogP contribution in [0.2, 0.25) is 0 Å². The zero-order valence-electron chi connectivity index (χ0n) is 14.8. The minimum Gasteiger partial charge on any atom is -0.480 e. The number of hydrogen-bond acceptors (Lipinski definition) is 5. The van der Waals surface area contributed by atoms with Gasteiger partial charge in [-0.25, -0.2) is 0 Å². The summed E-state index contributed by atoms with van der Waals surface area (Å²) in [5, 5.41) is 7.90. The van der Waals surface area contributed by atoms with Gasteiger partial charge in [-0.15, -0.1) is 10.2 Å². The third kappa shape index (κ3) is 4.14. The molecule has 1 aliphatic heterocycles. The van der Waals surface area contributed by atoms with Crippen molar-refractivity contribution < 1.29 is 9.53 Å². The van der Waals surface area contributed by atoms with Gasteiger partial charge < -0.3 is 9.64 Å². The Hall–Kier alpha value is -2.47. The second kappa shape index (κ2) is 8.07. The summed E-state index contributed by atoms with van der Waals surface area (Å²) in [6.45, 7) is 5.48. The first-order valence-electron chi connectivity index (χ1n) is 8.66. The second-order valence-corrected chi connectivity index (χ2v) is 6.24. The summed E-state index contributed by atoms with van der Waals surface area (Å²) in [6.07, 6.45) is 0.917. The Morgan fingerprint density at radius 2 is 1.96 bits per heavy atom. The zero-order valence-corrected chi connectivity index (χ0v) is 14.8. The van der Waals surface area contributed by atoms with Gasteiger partial charge in [0.05, 0.1) is 7.11 Å². The molecule has 0 saturated carbocycles. The first-order chi connectivity index (χ1) is 12.2. The molecule has 6 heteroatoms. The molecule has 1 atom stereocenters. The van der Waals surface area contributed by atoms with E-state index < -0.39 is 0 Å². The fourth-order valence-corrected chi connectivity index (χ4v) is 3.21. The molecule has 0 N–H and O–H groups in total. The summed E-state index contributed by atoms with van der Waals surface area (Å²) in [4.78, 5) is 17.1. The number of carbonyl (C=O) groups is 1. The molecule has 25 heavy (non-hydrogen) atoms. The molecule has 2 heterocycles. The van der Waals surface area contributed by atoms with E-state index in [0.717, 1.165) is 26.1 Å². The van der Waals surface area contributed by atoms with Gasteiger partial charge in [-0.2, -0.15) is 0 Å². The fourth-order valence-electron chi connectivity index (χ4n) is 3.21. The number of hydrogen-bond donors (Lipinski definition) is 0.